The number of nitrogens with zero attached hydrogens (tertiary/aromatic N) is 3. The van der Waals surface area contributed by atoms with E-state index >= 15 is 0 Å². The fourth-order valence-electron chi connectivity index (χ4n) is 2.47. The molecule has 2 aromatic heterocycles. The number of rotatable bonds is 7. The van der Waals surface area contributed by atoms with Crippen LogP contribution in [0.5, 0.6) is 0 Å². The summed E-state index contributed by atoms with van der Waals surface area (Å²) in [6, 6.07) is 13.1. The maximum absolute atomic E-state index is 4.73. The van der Waals surface area contributed by atoms with Gasteiger partial charge < -0.3 is 5.32 Å². The van der Waals surface area contributed by atoms with Crippen molar-refractivity contribution in [3.05, 3.63) is 70.4 Å². The molecule has 0 bridgehead atoms. The van der Waals surface area contributed by atoms with Crippen molar-refractivity contribution in [2.45, 2.75) is 38.9 Å². The number of aromatic nitrogens is 3. The fourth-order valence-corrected chi connectivity index (χ4v) is 3.30. The van der Waals surface area contributed by atoms with Gasteiger partial charge in [0.1, 0.15) is 0 Å². The van der Waals surface area contributed by atoms with E-state index in [0.29, 0.717) is 12.1 Å². The van der Waals surface area contributed by atoms with Crippen molar-refractivity contribution in [3.8, 4) is 0 Å². The van der Waals surface area contributed by atoms with E-state index in [9.17, 15) is 0 Å². The molecule has 0 saturated heterocycles. The lowest BCUT2D eigenvalue weighted by Gasteiger charge is -2.21. The first-order chi connectivity index (χ1) is 11.2. The molecule has 0 aliphatic rings. The molecule has 0 saturated carbocycles. The Hall–Kier alpha value is -1.98. The first-order valence-corrected chi connectivity index (χ1v) is 8.80. The van der Waals surface area contributed by atoms with Crippen LogP contribution >= 0.6 is 11.3 Å². The quantitative estimate of drug-likeness (QED) is 0.720. The maximum Gasteiger partial charge on any atom is 0.0972 e. The van der Waals surface area contributed by atoms with Gasteiger partial charge in [-0.25, -0.2) is 4.98 Å². The first kappa shape index (κ1) is 15.9. The van der Waals surface area contributed by atoms with Gasteiger partial charge in [0.2, 0.25) is 0 Å². The summed E-state index contributed by atoms with van der Waals surface area (Å²) in [5.74, 6) is 0. The molecule has 0 amide bonds. The summed E-state index contributed by atoms with van der Waals surface area (Å²) in [7, 11) is 0. The van der Waals surface area contributed by atoms with Crippen molar-refractivity contribution in [3.63, 3.8) is 0 Å². The highest BCUT2D eigenvalue weighted by Crippen LogP contribution is 2.15. The zero-order chi connectivity index (χ0) is 16.1. The third-order valence-corrected chi connectivity index (χ3v) is 4.97. The van der Waals surface area contributed by atoms with Crippen LogP contribution in [0.15, 0.2) is 54.2 Å². The molecule has 0 unspecified atom stereocenters. The highest BCUT2D eigenvalue weighted by Gasteiger charge is 2.14. The Morgan fingerprint density at radius 1 is 1.17 bits per heavy atom. The Kier molecular flexibility index (Phi) is 5.20. The Bertz CT molecular complexity index is 706. The van der Waals surface area contributed by atoms with Gasteiger partial charge in [0.15, 0.2) is 0 Å². The molecule has 5 heteroatoms. The van der Waals surface area contributed by atoms with Crippen LogP contribution in [0.2, 0.25) is 0 Å². The standard InChI is InChI=1S/C18H22N4S/c1-14(15(2)22-10-6-9-20-22)19-12-17-13-23-18(21-17)11-16-7-4-3-5-8-16/h3-10,13-15,19H,11-12H2,1-2H3/t14-,15-/m1/s1. The van der Waals surface area contributed by atoms with Crippen LogP contribution in [0.1, 0.15) is 36.2 Å². The van der Waals surface area contributed by atoms with E-state index in [1.807, 2.05) is 29.2 Å². The molecular weight excluding hydrogens is 304 g/mol. The van der Waals surface area contributed by atoms with Crippen molar-refractivity contribution in [1.82, 2.24) is 20.1 Å². The zero-order valence-corrected chi connectivity index (χ0v) is 14.3. The molecule has 3 rings (SSSR count). The summed E-state index contributed by atoms with van der Waals surface area (Å²) in [5.41, 5.74) is 2.42. The van der Waals surface area contributed by atoms with Gasteiger partial charge in [0, 0.05) is 36.8 Å². The van der Waals surface area contributed by atoms with E-state index in [2.05, 4.69) is 53.9 Å². The molecule has 0 radical (unpaired) electrons. The molecule has 0 aliphatic heterocycles. The molecule has 1 aromatic carbocycles. The summed E-state index contributed by atoms with van der Waals surface area (Å²) < 4.78 is 1.99. The van der Waals surface area contributed by atoms with Crippen LogP contribution in [0, 0.1) is 0 Å². The maximum atomic E-state index is 4.73. The van der Waals surface area contributed by atoms with Gasteiger partial charge in [-0.05, 0) is 25.5 Å². The second-order valence-electron chi connectivity index (χ2n) is 5.79. The smallest absolute Gasteiger partial charge is 0.0972 e. The van der Waals surface area contributed by atoms with Crippen LogP contribution in [0.3, 0.4) is 0 Å². The number of thiazole rings is 1. The van der Waals surface area contributed by atoms with Crippen LogP contribution in [-0.2, 0) is 13.0 Å². The summed E-state index contributed by atoms with van der Waals surface area (Å²) in [5, 5.41) is 11.2. The van der Waals surface area contributed by atoms with Gasteiger partial charge in [-0.1, -0.05) is 30.3 Å². The molecule has 120 valence electrons. The Morgan fingerprint density at radius 2 is 2.00 bits per heavy atom. The van der Waals surface area contributed by atoms with Crippen LogP contribution in [0.4, 0.5) is 0 Å². The molecular formula is C18H22N4S. The topological polar surface area (TPSA) is 42.7 Å². The second kappa shape index (κ2) is 7.53. The number of hydrogen-bond donors (Lipinski definition) is 1. The molecule has 23 heavy (non-hydrogen) atoms. The molecule has 1 N–H and O–H groups in total. The minimum atomic E-state index is 0.312. The largest absolute Gasteiger partial charge is 0.306 e. The first-order valence-electron chi connectivity index (χ1n) is 7.92. The Morgan fingerprint density at radius 3 is 2.74 bits per heavy atom. The van der Waals surface area contributed by atoms with Gasteiger partial charge >= 0.3 is 0 Å². The number of benzene rings is 1. The average Bonchev–Trinajstić information content (AvgIpc) is 3.25. The van der Waals surface area contributed by atoms with Gasteiger partial charge in [0.05, 0.1) is 16.7 Å². The molecule has 0 fully saturated rings. The minimum absolute atomic E-state index is 0.312. The van der Waals surface area contributed by atoms with Crippen LogP contribution in [-0.4, -0.2) is 20.8 Å². The predicted molar refractivity (Wildman–Crippen MR) is 94.6 cm³/mol. The van der Waals surface area contributed by atoms with Crippen molar-refractivity contribution in [1.29, 1.82) is 0 Å². The van der Waals surface area contributed by atoms with Crippen molar-refractivity contribution >= 4 is 11.3 Å². The van der Waals surface area contributed by atoms with E-state index in [4.69, 9.17) is 4.98 Å². The number of nitrogens with one attached hydrogen (secondary N) is 1. The lowest BCUT2D eigenvalue weighted by Crippen LogP contribution is -2.33. The van der Waals surface area contributed by atoms with Gasteiger partial charge in [0.25, 0.3) is 0 Å². The Labute approximate surface area is 141 Å². The second-order valence-corrected chi connectivity index (χ2v) is 6.73. The lowest BCUT2D eigenvalue weighted by atomic mass is 10.1. The zero-order valence-electron chi connectivity index (χ0n) is 13.5. The highest BCUT2D eigenvalue weighted by molar-refractivity contribution is 7.09. The van der Waals surface area contributed by atoms with E-state index in [1.165, 1.54) is 10.6 Å². The molecule has 3 aromatic rings. The van der Waals surface area contributed by atoms with E-state index < -0.39 is 0 Å². The van der Waals surface area contributed by atoms with Gasteiger partial charge in [-0.3, -0.25) is 4.68 Å². The summed E-state index contributed by atoms with van der Waals surface area (Å²) in [6.45, 7) is 5.15. The SMILES string of the molecule is C[C@H]([C@@H](C)NCc1csc(Cc2ccccc2)n1)n1cccn1. The number of hydrogen-bond acceptors (Lipinski definition) is 4. The van der Waals surface area contributed by atoms with Crippen LogP contribution < -0.4 is 5.32 Å². The molecule has 4 nitrogen and oxygen atoms in total. The van der Waals surface area contributed by atoms with Crippen molar-refractivity contribution in [2.75, 3.05) is 0 Å². The summed E-state index contributed by atoms with van der Waals surface area (Å²) in [4.78, 5) is 4.73. The highest BCUT2D eigenvalue weighted by atomic mass is 32.1. The van der Waals surface area contributed by atoms with Gasteiger partial charge in [-0.15, -0.1) is 11.3 Å². The molecule has 2 atom stereocenters. The van der Waals surface area contributed by atoms with Crippen molar-refractivity contribution < 1.29 is 0 Å². The predicted octanol–water partition coefficient (Wildman–Crippen LogP) is 3.67. The fraction of sp³-hybridized carbons (Fsp3) is 0.333. The Balaban J connectivity index is 1.53. The summed E-state index contributed by atoms with van der Waals surface area (Å²) in [6.07, 6.45) is 4.73. The molecule has 2 heterocycles. The third kappa shape index (κ3) is 4.27. The van der Waals surface area contributed by atoms with E-state index in [1.54, 1.807) is 11.3 Å². The molecule has 0 aliphatic carbocycles. The van der Waals surface area contributed by atoms with Crippen LogP contribution in [0.25, 0.3) is 0 Å². The van der Waals surface area contributed by atoms with E-state index in [0.717, 1.165) is 18.7 Å². The van der Waals surface area contributed by atoms with E-state index in [-0.39, 0.29) is 0 Å². The molecule has 0 spiro atoms. The minimum Gasteiger partial charge on any atom is -0.306 e. The average molecular weight is 326 g/mol. The summed E-state index contributed by atoms with van der Waals surface area (Å²) >= 11 is 1.73. The third-order valence-electron chi connectivity index (χ3n) is 4.07. The monoisotopic (exact) mass is 326 g/mol. The normalized spacial score (nSPS) is 13.8. The lowest BCUT2D eigenvalue weighted by molar-refractivity contribution is 0.364. The van der Waals surface area contributed by atoms with Gasteiger partial charge in [-0.2, -0.15) is 5.10 Å². The van der Waals surface area contributed by atoms with Crippen molar-refractivity contribution in [2.24, 2.45) is 0 Å².